The van der Waals surface area contributed by atoms with E-state index in [0.717, 1.165) is 36.6 Å². The van der Waals surface area contributed by atoms with E-state index in [-0.39, 0.29) is 17.5 Å². The van der Waals surface area contributed by atoms with Crippen LogP contribution in [0.25, 0.3) is 0 Å². The van der Waals surface area contributed by atoms with Crippen molar-refractivity contribution in [2.45, 2.75) is 39.0 Å². The van der Waals surface area contributed by atoms with E-state index in [2.05, 4.69) is 16.4 Å². The van der Waals surface area contributed by atoms with E-state index >= 15 is 0 Å². The Morgan fingerprint density at radius 2 is 1.93 bits per heavy atom. The Labute approximate surface area is 174 Å². The Hall–Kier alpha value is -2.79. The highest BCUT2D eigenvalue weighted by Crippen LogP contribution is 2.52. The topological polar surface area (TPSA) is 134 Å². The first kappa shape index (κ1) is 20.9. The van der Waals surface area contributed by atoms with Crippen LogP contribution in [-0.4, -0.2) is 22.6 Å². The summed E-state index contributed by atoms with van der Waals surface area (Å²) in [5.41, 5.74) is 13.3. The molecule has 0 radical (unpaired) electrons. The lowest BCUT2D eigenvalue weighted by Crippen LogP contribution is -2.48. The second kappa shape index (κ2) is 8.70. The van der Waals surface area contributed by atoms with Crippen molar-refractivity contribution in [2.24, 2.45) is 27.8 Å². The molecule has 1 aliphatic carbocycles. The number of nitrogens with one attached hydrogen (secondary N) is 1. The number of hydrogen-bond donors (Lipinski definition) is 3. The Balaban J connectivity index is 1.80. The number of rotatable bonds is 4. The predicted molar refractivity (Wildman–Crippen MR) is 115 cm³/mol. The zero-order valence-electron chi connectivity index (χ0n) is 16.4. The number of nitriles is 1. The van der Waals surface area contributed by atoms with Gasteiger partial charge in [0.05, 0.1) is 28.4 Å². The fourth-order valence-electron chi connectivity index (χ4n) is 4.25. The Morgan fingerprint density at radius 3 is 2.52 bits per heavy atom. The minimum absolute atomic E-state index is 0.0712. The van der Waals surface area contributed by atoms with Crippen molar-refractivity contribution >= 4 is 34.3 Å². The molecule has 1 aliphatic heterocycles. The molecular weight excluding hydrogens is 386 g/mol. The van der Waals surface area contributed by atoms with Gasteiger partial charge in [0.2, 0.25) is 11.8 Å². The molecule has 1 fully saturated rings. The number of thioether (sulfide) groups is 1. The fourth-order valence-corrected chi connectivity index (χ4v) is 5.27. The molecule has 2 aliphatic rings. The van der Waals surface area contributed by atoms with Crippen molar-refractivity contribution in [3.05, 3.63) is 41.2 Å². The molecule has 1 aromatic carbocycles. The predicted octanol–water partition coefficient (Wildman–Crippen LogP) is 2.82. The van der Waals surface area contributed by atoms with Crippen LogP contribution in [0.5, 0.6) is 0 Å². The van der Waals surface area contributed by atoms with Gasteiger partial charge in [-0.15, -0.1) is 0 Å². The molecule has 7 nitrogen and oxygen atoms in total. The molecule has 8 heteroatoms. The number of anilines is 1. The van der Waals surface area contributed by atoms with Crippen LogP contribution in [0.4, 0.5) is 5.69 Å². The summed E-state index contributed by atoms with van der Waals surface area (Å²) in [6, 6.07) is 9.67. The average Bonchev–Trinajstić information content (AvgIpc) is 2.68. The third-order valence-corrected chi connectivity index (χ3v) is 6.64. The highest BCUT2D eigenvalue weighted by atomic mass is 32.2. The fraction of sp³-hybridized carbons (Fsp3) is 0.429. The third kappa shape index (κ3) is 4.30. The minimum atomic E-state index is -0.734. The zero-order chi connectivity index (χ0) is 21.0. The Morgan fingerprint density at radius 1 is 1.28 bits per heavy atom. The number of allylic oxidation sites excluding steroid dienone is 1. The van der Waals surface area contributed by atoms with Crippen LogP contribution >= 0.6 is 11.8 Å². The molecule has 152 valence electrons. The standard InChI is InChI=1S/C21H25N5O2S/c1-13-5-7-14(8-6-13)25-16(27)12-29-20-17(19(24)28)21(9-3-2-4-10-21)15(11-22)18(23)26-20/h5-8,17H,2-4,9-10,12,23H2,1H3,(H2,24,28)(H,25,27)/t17-/m1/s1. The second-order valence-electron chi connectivity index (χ2n) is 7.58. The maximum atomic E-state index is 12.4. The summed E-state index contributed by atoms with van der Waals surface area (Å²) in [5, 5.41) is 12.9. The molecule has 3 rings (SSSR count). The van der Waals surface area contributed by atoms with Gasteiger partial charge in [0.1, 0.15) is 5.82 Å². The molecule has 1 saturated carbocycles. The highest BCUT2D eigenvalue weighted by Gasteiger charge is 2.51. The van der Waals surface area contributed by atoms with Gasteiger partial charge in [-0.25, -0.2) is 4.99 Å². The number of hydrogen-bond acceptors (Lipinski definition) is 6. The van der Waals surface area contributed by atoms with E-state index in [1.54, 1.807) is 0 Å². The molecule has 1 heterocycles. The lowest BCUT2D eigenvalue weighted by atomic mass is 9.61. The van der Waals surface area contributed by atoms with E-state index in [9.17, 15) is 14.9 Å². The van der Waals surface area contributed by atoms with Gasteiger partial charge >= 0.3 is 0 Å². The molecule has 0 saturated heterocycles. The van der Waals surface area contributed by atoms with Gasteiger partial charge in [-0.1, -0.05) is 48.7 Å². The molecule has 1 aromatic rings. The average molecular weight is 412 g/mol. The van der Waals surface area contributed by atoms with Crippen LogP contribution in [0.1, 0.15) is 37.7 Å². The number of amides is 2. The minimum Gasteiger partial charge on any atom is -0.383 e. The first-order chi connectivity index (χ1) is 13.9. The summed E-state index contributed by atoms with van der Waals surface area (Å²) >= 11 is 1.16. The maximum Gasteiger partial charge on any atom is 0.234 e. The van der Waals surface area contributed by atoms with Crippen LogP contribution in [0.15, 0.2) is 40.7 Å². The number of benzene rings is 1. The smallest absolute Gasteiger partial charge is 0.234 e. The number of carbonyl (C=O) groups is 2. The van der Waals surface area contributed by atoms with E-state index in [1.807, 2.05) is 31.2 Å². The summed E-state index contributed by atoms with van der Waals surface area (Å²) in [4.78, 5) is 29.1. The second-order valence-corrected chi connectivity index (χ2v) is 8.57. The monoisotopic (exact) mass is 411 g/mol. The van der Waals surface area contributed by atoms with Crippen molar-refractivity contribution in [3.63, 3.8) is 0 Å². The molecule has 0 unspecified atom stereocenters. The molecule has 1 atom stereocenters. The normalized spacial score (nSPS) is 20.7. The number of primary amides is 1. The molecule has 1 spiro atoms. The quantitative estimate of drug-likeness (QED) is 0.700. The van der Waals surface area contributed by atoms with Gasteiger partial charge in [-0.2, -0.15) is 5.26 Å². The summed E-state index contributed by atoms with van der Waals surface area (Å²) in [6.45, 7) is 1.97. The molecule has 0 bridgehead atoms. The van der Waals surface area contributed by atoms with Crippen molar-refractivity contribution in [2.75, 3.05) is 11.1 Å². The first-order valence-electron chi connectivity index (χ1n) is 9.65. The lowest BCUT2D eigenvalue weighted by Gasteiger charge is -2.44. The maximum absolute atomic E-state index is 12.4. The highest BCUT2D eigenvalue weighted by molar-refractivity contribution is 8.14. The van der Waals surface area contributed by atoms with Crippen molar-refractivity contribution in [1.29, 1.82) is 5.26 Å². The van der Waals surface area contributed by atoms with Crippen LogP contribution in [0.2, 0.25) is 0 Å². The number of aryl methyl sites for hydroxylation is 1. The number of aliphatic imine (C=N–C) groups is 1. The molecule has 0 aromatic heterocycles. The number of nitrogens with two attached hydrogens (primary N) is 2. The number of carbonyl (C=O) groups excluding carboxylic acids is 2. The van der Waals surface area contributed by atoms with Crippen LogP contribution < -0.4 is 16.8 Å². The van der Waals surface area contributed by atoms with Gasteiger partial charge in [0, 0.05) is 11.1 Å². The third-order valence-electron chi connectivity index (χ3n) is 5.61. The largest absolute Gasteiger partial charge is 0.383 e. The van der Waals surface area contributed by atoms with Gasteiger partial charge in [0.25, 0.3) is 0 Å². The van der Waals surface area contributed by atoms with Gasteiger partial charge in [-0.05, 0) is 31.9 Å². The molecule has 2 amide bonds. The molecular formula is C21H25N5O2S. The van der Waals surface area contributed by atoms with Gasteiger partial charge in [0.15, 0.2) is 0 Å². The Bertz CT molecular complexity index is 908. The number of nitrogens with zero attached hydrogens (tertiary/aromatic N) is 2. The van der Waals surface area contributed by atoms with Crippen molar-refractivity contribution < 1.29 is 9.59 Å². The molecule has 29 heavy (non-hydrogen) atoms. The van der Waals surface area contributed by atoms with E-state index < -0.39 is 17.2 Å². The van der Waals surface area contributed by atoms with Crippen LogP contribution in [-0.2, 0) is 9.59 Å². The van der Waals surface area contributed by atoms with Crippen LogP contribution in [0.3, 0.4) is 0 Å². The van der Waals surface area contributed by atoms with E-state index in [0.29, 0.717) is 29.1 Å². The van der Waals surface area contributed by atoms with Crippen molar-refractivity contribution in [1.82, 2.24) is 0 Å². The van der Waals surface area contributed by atoms with E-state index in [1.165, 1.54) is 0 Å². The summed E-state index contributed by atoms with van der Waals surface area (Å²) < 4.78 is 0. The van der Waals surface area contributed by atoms with Gasteiger partial charge in [-0.3, -0.25) is 9.59 Å². The van der Waals surface area contributed by atoms with E-state index in [4.69, 9.17) is 11.5 Å². The zero-order valence-corrected chi connectivity index (χ0v) is 17.2. The summed E-state index contributed by atoms with van der Waals surface area (Å²) in [6.07, 6.45) is 4.17. The Kier molecular flexibility index (Phi) is 6.28. The summed E-state index contributed by atoms with van der Waals surface area (Å²) in [5.74, 6) is -1.27. The van der Waals surface area contributed by atoms with Crippen molar-refractivity contribution in [3.8, 4) is 6.07 Å². The molecule has 5 N–H and O–H groups in total. The summed E-state index contributed by atoms with van der Waals surface area (Å²) in [7, 11) is 0. The first-order valence-corrected chi connectivity index (χ1v) is 10.6. The van der Waals surface area contributed by atoms with Gasteiger partial charge < -0.3 is 16.8 Å². The van der Waals surface area contributed by atoms with Crippen LogP contribution in [0, 0.1) is 29.6 Å². The SMILES string of the molecule is Cc1ccc(NC(=O)CSC2=NC(N)=C(C#N)C3(CCCCC3)[C@@H]2C(N)=O)cc1. The lowest BCUT2D eigenvalue weighted by molar-refractivity contribution is -0.123.